The first-order valence-corrected chi connectivity index (χ1v) is 11.3. The highest BCUT2D eigenvalue weighted by Crippen LogP contribution is 2.14. The van der Waals surface area contributed by atoms with Crippen LogP contribution in [0.15, 0.2) is 71.1 Å². The van der Waals surface area contributed by atoms with Crippen LogP contribution in [0, 0.1) is 6.92 Å². The zero-order valence-electron chi connectivity index (χ0n) is 16.9. The fraction of sp³-hybridized carbons (Fsp3) is 0.292. The van der Waals surface area contributed by atoms with Gasteiger partial charge in [0.05, 0.1) is 5.75 Å². The van der Waals surface area contributed by atoms with E-state index in [4.69, 9.17) is 4.42 Å². The van der Waals surface area contributed by atoms with Gasteiger partial charge in [-0.05, 0) is 49.9 Å². The van der Waals surface area contributed by atoms with Crippen molar-refractivity contribution in [1.29, 1.82) is 0 Å². The Morgan fingerprint density at radius 1 is 0.966 bits per heavy atom. The van der Waals surface area contributed by atoms with E-state index < -0.39 is 10.8 Å². The molecule has 1 N–H and O–H groups in total. The van der Waals surface area contributed by atoms with E-state index in [1.165, 1.54) is 11.1 Å². The molecule has 0 spiro atoms. The summed E-state index contributed by atoms with van der Waals surface area (Å²) in [7, 11) is -1.09. The fourth-order valence-electron chi connectivity index (χ4n) is 3.05. The van der Waals surface area contributed by atoms with Gasteiger partial charge in [0.25, 0.3) is 5.91 Å². The van der Waals surface area contributed by atoms with Crippen LogP contribution in [0.4, 0.5) is 0 Å². The molecule has 4 nitrogen and oxygen atoms in total. The highest BCUT2D eigenvalue weighted by atomic mass is 32.2. The number of hydrogen-bond donors (Lipinski definition) is 1. The average molecular weight is 410 g/mol. The molecule has 0 aliphatic heterocycles. The van der Waals surface area contributed by atoms with Crippen LogP contribution in [0.5, 0.6) is 0 Å². The van der Waals surface area contributed by atoms with E-state index in [2.05, 4.69) is 17.4 Å². The van der Waals surface area contributed by atoms with Crippen LogP contribution in [-0.2, 0) is 28.7 Å². The SMILES string of the molecule is Cc1ccc(C[S@@](=O)Cc2ccc(C(=O)N[C@H](C)CCc3ccccc3)o2)cc1. The van der Waals surface area contributed by atoms with Crippen LogP contribution in [0.3, 0.4) is 0 Å². The summed E-state index contributed by atoms with van der Waals surface area (Å²) in [6, 6.07) is 21.6. The van der Waals surface area contributed by atoms with Crippen LogP contribution in [-0.4, -0.2) is 16.2 Å². The van der Waals surface area contributed by atoms with Crippen molar-refractivity contribution >= 4 is 16.7 Å². The van der Waals surface area contributed by atoms with Crippen molar-refractivity contribution < 1.29 is 13.4 Å². The predicted octanol–water partition coefficient (Wildman–Crippen LogP) is 4.79. The molecule has 29 heavy (non-hydrogen) atoms. The first-order valence-electron chi connectivity index (χ1n) is 9.83. The Labute approximate surface area is 174 Å². The second-order valence-electron chi connectivity index (χ2n) is 7.38. The topological polar surface area (TPSA) is 59.3 Å². The minimum atomic E-state index is -1.09. The standard InChI is InChI=1S/C24H27NO3S/c1-18-8-11-21(12-9-18)16-29(27)17-22-14-15-23(28-22)24(26)25-19(2)10-13-20-6-4-3-5-7-20/h3-9,11-12,14-15,19H,10,13,16-17H2,1-2H3,(H,25,26)/t19-,29-/m1/s1. The molecular formula is C24H27NO3S. The summed E-state index contributed by atoms with van der Waals surface area (Å²) in [4.78, 5) is 12.4. The van der Waals surface area contributed by atoms with Gasteiger partial charge in [-0.2, -0.15) is 0 Å². The summed E-state index contributed by atoms with van der Waals surface area (Å²) in [5, 5.41) is 2.97. The molecule has 0 saturated heterocycles. The van der Waals surface area contributed by atoms with Crippen molar-refractivity contribution in [1.82, 2.24) is 5.32 Å². The van der Waals surface area contributed by atoms with Crippen molar-refractivity contribution in [3.63, 3.8) is 0 Å². The molecular weight excluding hydrogens is 382 g/mol. The molecule has 0 fully saturated rings. The minimum absolute atomic E-state index is 0.0342. The quantitative estimate of drug-likeness (QED) is 0.553. The molecule has 5 heteroatoms. The minimum Gasteiger partial charge on any atom is -0.455 e. The van der Waals surface area contributed by atoms with Gasteiger partial charge in [-0.25, -0.2) is 0 Å². The van der Waals surface area contributed by atoms with Crippen LogP contribution in [0.1, 0.15) is 46.3 Å². The zero-order chi connectivity index (χ0) is 20.6. The van der Waals surface area contributed by atoms with Crippen LogP contribution in [0.25, 0.3) is 0 Å². The van der Waals surface area contributed by atoms with Crippen LogP contribution >= 0.6 is 0 Å². The van der Waals surface area contributed by atoms with E-state index in [0.717, 1.165) is 18.4 Å². The Balaban J connectivity index is 1.47. The normalized spacial score (nSPS) is 13.0. The second-order valence-corrected chi connectivity index (χ2v) is 8.84. The molecule has 3 rings (SSSR count). The molecule has 0 saturated carbocycles. The Bertz CT molecular complexity index is 948. The molecule has 152 valence electrons. The first-order chi connectivity index (χ1) is 14.0. The third kappa shape index (κ3) is 6.71. The van der Waals surface area contributed by atoms with Crippen molar-refractivity contribution in [2.24, 2.45) is 0 Å². The first kappa shape index (κ1) is 21.1. The zero-order valence-corrected chi connectivity index (χ0v) is 17.7. The molecule has 0 radical (unpaired) electrons. The average Bonchev–Trinajstić information content (AvgIpc) is 3.17. The van der Waals surface area contributed by atoms with Crippen molar-refractivity contribution in [2.45, 2.75) is 44.2 Å². The Hall–Kier alpha value is -2.66. The number of furan rings is 1. The lowest BCUT2D eigenvalue weighted by atomic mass is 10.1. The Kier molecular flexibility index (Phi) is 7.42. The van der Waals surface area contributed by atoms with Gasteiger partial charge in [-0.15, -0.1) is 0 Å². The third-order valence-electron chi connectivity index (χ3n) is 4.72. The predicted molar refractivity (Wildman–Crippen MR) is 117 cm³/mol. The summed E-state index contributed by atoms with van der Waals surface area (Å²) >= 11 is 0. The maximum atomic E-state index is 12.4. The molecule has 1 heterocycles. The lowest BCUT2D eigenvalue weighted by molar-refractivity contribution is 0.0909. The number of hydrogen-bond acceptors (Lipinski definition) is 3. The molecule has 1 aromatic heterocycles. The van der Waals surface area contributed by atoms with E-state index in [1.54, 1.807) is 12.1 Å². The van der Waals surface area contributed by atoms with Gasteiger partial charge in [0.2, 0.25) is 0 Å². The number of nitrogens with one attached hydrogen (secondary N) is 1. The molecule has 0 unspecified atom stereocenters. The van der Waals surface area contributed by atoms with E-state index in [0.29, 0.717) is 17.3 Å². The van der Waals surface area contributed by atoms with Gasteiger partial charge < -0.3 is 9.73 Å². The maximum absolute atomic E-state index is 12.4. The number of carbonyl (C=O) groups excluding carboxylic acids is 1. The molecule has 2 aromatic carbocycles. The summed E-state index contributed by atoms with van der Waals surface area (Å²) in [5.74, 6) is 1.36. The fourth-order valence-corrected chi connectivity index (χ4v) is 4.19. The highest BCUT2D eigenvalue weighted by Gasteiger charge is 2.15. The largest absolute Gasteiger partial charge is 0.455 e. The summed E-state index contributed by atoms with van der Waals surface area (Å²) in [5.41, 5.74) is 3.47. The van der Waals surface area contributed by atoms with E-state index in [-0.39, 0.29) is 17.7 Å². The van der Waals surface area contributed by atoms with Gasteiger partial charge >= 0.3 is 0 Å². The van der Waals surface area contributed by atoms with Crippen molar-refractivity contribution in [3.05, 3.63) is 94.9 Å². The van der Waals surface area contributed by atoms with Gasteiger partial charge in [-0.3, -0.25) is 9.00 Å². The van der Waals surface area contributed by atoms with Gasteiger partial charge in [-0.1, -0.05) is 60.2 Å². The number of aryl methyl sites for hydroxylation is 2. The van der Waals surface area contributed by atoms with Gasteiger partial charge in [0, 0.05) is 22.6 Å². The van der Waals surface area contributed by atoms with E-state index in [9.17, 15) is 9.00 Å². The van der Waals surface area contributed by atoms with Gasteiger partial charge in [0.15, 0.2) is 5.76 Å². The number of benzene rings is 2. The highest BCUT2D eigenvalue weighted by molar-refractivity contribution is 7.83. The maximum Gasteiger partial charge on any atom is 0.287 e. The van der Waals surface area contributed by atoms with Gasteiger partial charge in [0.1, 0.15) is 5.76 Å². The molecule has 2 atom stereocenters. The molecule has 0 aliphatic rings. The van der Waals surface area contributed by atoms with E-state index in [1.807, 2.05) is 56.3 Å². The summed E-state index contributed by atoms with van der Waals surface area (Å²) in [6.45, 7) is 4.01. The lowest BCUT2D eigenvalue weighted by Crippen LogP contribution is -2.32. The smallest absolute Gasteiger partial charge is 0.287 e. The molecule has 0 aliphatic carbocycles. The molecule has 1 amide bonds. The summed E-state index contributed by atoms with van der Waals surface area (Å²) < 4.78 is 18.0. The molecule has 0 bridgehead atoms. The Morgan fingerprint density at radius 2 is 1.69 bits per heavy atom. The Morgan fingerprint density at radius 3 is 2.41 bits per heavy atom. The van der Waals surface area contributed by atoms with E-state index >= 15 is 0 Å². The molecule has 3 aromatic rings. The number of amides is 1. The van der Waals surface area contributed by atoms with Crippen molar-refractivity contribution in [2.75, 3.05) is 0 Å². The van der Waals surface area contributed by atoms with Crippen LogP contribution < -0.4 is 5.32 Å². The number of rotatable bonds is 9. The number of carbonyl (C=O) groups is 1. The third-order valence-corrected chi connectivity index (χ3v) is 5.99. The van der Waals surface area contributed by atoms with Crippen LogP contribution in [0.2, 0.25) is 0 Å². The second kappa shape index (κ2) is 10.2. The summed E-state index contributed by atoms with van der Waals surface area (Å²) in [6.07, 6.45) is 1.76. The lowest BCUT2D eigenvalue weighted by Gasteiger charge is -2.12. The monoisotopic (exact) mass is 409 g/mol. The van der Waals surface area contributed by atoms with Crippen molar-refractivity contribution in [3.8, 4) is 0 Å².